The van der Waals surface area contributed by atoms with Gasteiger partial charge in [-0.2, -0.15) is 0 Å². The third-order valence-corrected chi connectivity index (χ3v) is 11.1. The molecule has 11 heteroatoms. The molecule has 3 atom stereocenters. The molecule has 3 aromatic rings. The maximum Gasteiger partial charge on any atom is 0.308 e. The summed E-state index contributed by atoms with van der Waals surface area (Å²) in [5, 5.41) is -0.115. The first kappa shape index (κ1) is 28.4. The number of thiazole rings is 1. The highest BCUT2D eigenvalue weighted by molar-refractivity contribution is 9.10. The van der Waals surface area contributed by atoms with Crippen LogP contribution in [0.2, 0.25) is 0 Å². The van der Waals surface area contributed by atoms with Crippen LogP contribution in [-0.2, 0) is 31.1 Å². The molecule has 0 spiro atoms. The lowest BCUT2D eigenvalue weighted by atomic mass is 9.81. The van der Waals surface area contributed by atoms with Gasteiger partial charge >= 0.3 is 4.87 Å². The van der Waals surface area contributed by atoms with Crippen LogP contribution < -0.4 is 9.77 Å². The maximum atomic E-state index is 14.1. The van der Waals surface area contributed by atoms with E-state index in [0.717, 1.165) is 31.8 Å². The van der Waals surface area contributed by atoms with Crippen molar-refractivity contribution < 1.29 is 19.1 Å². The zero-order valence-corrected chi connectivity index (χ0v) is 26.2. The SMILES string of the molecule is CC(C)(C)c1ccc([C@@H]2c3sc(=O)n(CC(=O)N4CCOCC4)c3S[C@@H]3C(=O)N(c4ccc(Br)cc4)C(=O)[C@H]23)cc1. The van der Waals surface area contributed by atoms with Crippen molar-refractivity contribution >= 4 is 62.4 Å². The number of benzene rings is 2. The predicted octanol–water partition coefficient (Wildman–Crippen LogP) is 4.62. The summed E-state index contributed by atoms with van der Waals surface area (Å²) < 4.78 is 7.72. The Balaban J connectivity index is 1.44. The molecule has 8 nitrogen and oxygen atoms in total. The van der Waals surface area contributed by atoms with E-state index < -0.39 is 17.1 Å². The fraction of sp³-hybridized carbons (Fsp3) is 0.400. The van der Waals surface area contributed by atoms with Gasteiger partial charge in [-0.3, -0.25) is 23.7 Å². The second kappa shape index (κ2) is 10.8. The van der Waals surface area contributed by atoms with Gasteiger partial charge in [-0.25, -0.2) is 4.90 Å². The Labute approximate surface area is 254 Å². The number of rotatable bonds is 4. The van der Waals surface area contributed by atoms with Crippen LogP contribution in [0.5, 0.6) is 0 Å². The molecule has 0 bridgehead atoms. The van der Waals surface area contributed by atoms with Crippen LogP contribution in [0.15, 0.2) is 62.8 Å². The number of aromatic nitrogens is 1. The lowest BCUT2D eigenvalue weighted by molar-refractivity contribution is -0.136. The number of halogens is 1. The normalized spacial score (nSPS) is 22.6. The van der Waals surface area contributed by atoms with E-state index in [1.165, 1.54) is 21.2 Å². The molecule has 3 amide bonds. The number of morpholine rings is 1. The number of carbonyl (C=O) groups is 3. The Kier molecular flexibility index (Phi) is 7.50. The van der Waals surface area contributed by atoms with Crippen molar-refractivity contribution in [3.63, 3.8) is 0 Å². The van der Waals surface area contributed by atoms with Gasteiger partial charge in [0, 0.05) is 28.4 Å². The zero-order chi connectivity index (χ0) is 29.1. The Morgan fingerprint density at radius 1 is 0.976 bits per heavy atom. The number of thioether (sulfide) groups is 1. The maximum absolute atomic E-state index is 14.1. The Morgan fingerprint density at radius 2 is 1.63 bits per heavy atom. The van der Waals surface area contributed by atoms with Gasteiger partial charge in [0.2, 0.25) is 17.7 Å². The fourth-order valence-electron chi connectivity index (χ4n) is 5.70. The monoisotopic (exact) mass is 655 g/mol. The average molecular weight is 657 g/mol. The number of hydrogen-bond donors (Lipinski definition) is 0. The van der Waals surface area contributed by atoms with Gasteiger partial charge in [0.05, 0.1) is 29.8 Å². The van der Waals surface area contributed by atoms with Crippen molar-refractivity contribution in [1.29, 1.82) is 0 Å². The molecule has 6 rings (SSSR count). The van der Waals surface area contributed by atoms with E-state index in [2.05, 4.69) is 48.8 Å². The average Bonchev–Trinajstić information content (AvgIpc) is 3.40. The molecule has 3 aliphatic rings. The summed E-state index contributed by atoms with van der Waals surface area (Å²) in [5.41, 5.74) is 2.49. The first-order chi connectivity index (χ1) is 19.5. The van der Waals surface area contributed by atoms with E-state index in [9.17, 15) is 19.2 Å². The highest BCUT2D eigenvalue weighted by atomic mass is 79.9. The lowest BCUT2D eigenvalue weighted by Crippen LogP contribution is -2.43. The largest absolute Gasteiger partial charge is 0.378 e. The van der Waals surface area contributed by atoms with Crippen molar-refractivity contribution in [2.75, 3.05) is 31.2 Å². The molecule has 214 valence electrons. The number of ether oxygens (including phenoxy) is 1. The summed E-state index contributed by atoms with van der Waals surface area (Å²) in [4.78, 5) is 58.0. The van der Waals surface area contributed by atoms with Gasteiger partial charge in [0.15, 0.2) is 0 Å². The summed E-state index contributed by atoms with van der Waals surface area (Å²) >= 11 is 5.73. The summed E-state index contributed by atoms with van der Waals surface area (Å²) in [6, 6.07) is 15.2. The number of carbonyl (C=O) groups excluding carboxylic acids is 3. The minimum Gasteiger partial charge on any atom is -0.378 e. The van der Waals surface area contributed by atoms with E-state index in [1.807, 2.05) is 12.1 Å². The molecule has 2 fully saturated rings. The number of hydrogen-bond acceptors (Lipinski definition) is 7. The van der Waals surface area contributed by atoms with Gasteiger partial charge in [-0.05, 0) is 40.8 Å². The van der Waals surface area contributed by atoms with Crippen molar-refractivity contribution in [2.24, 2.45) is 5.92 Å². The van der Waals surface area contributed by atoms with Gasteiger partial charge in [-0.1, -0.05) is 84.1 Å². The Bertz CT molecular complexity index is 1570. The quantitative estimate of drug-likeness (QED) is 0.381. The molecule has 0 saturated carbocycles. The van der Waals surface area contributed by atoms with Crippen LogP contribution >= 0.6 is 39.0 Å². The van der Waals surface area contributed by atoms with Crippen LogP contribution in [0.25, 0.3) is 0 Å². The molecule has 2 aromatic carbocycles. The molecule has 41 heavy (non-hydrogen) atoms. The van der Waals surface area contributed by atoms with Crippen LogP contribution in [0.3, 0.4) is 0 Å². The van der Waals surface area contributed by atoms with E-state index in [-0.39, 0.29) is 34.6 Å². The first-order valence-electron chi connectivity index (χ1n) is 13.5. The van der Waals surface area contributed by atoms with E-state index in [0.29, 0.717) is 37.0 Å². The topological polar surface area (TPSA) is 88.9 Å². The van der Waals surface area contributed by atoms with Crippen LogP contribution in [0.1, 0.15) is 42.7 Å². The van der Waals surface area contributed by atoms with Crippen LogP contribution in [0, 0.1) is 5.92 Å². The van der Waals surface area contributed by atoms with Crippen LogP contribution in [0.4, 0.5) is 5.69 Å². The number of nitrogens with zero attached hydrogens (tertiary/aromatic N) is 3. The molecular formula is C30H30BrN3O5S2. The third kappa shape index (κ3) is 5.11. The second-order valence-corrected chi connectivity index (χ2v) is 14.6. The number of fused-ring (bicyclic) bond motifs is 2. The predicted molar refractivity (Wildman–Crippen MR) is 163 cm³/mol. The smallest absolute Gasteiger partial charge is 0.308 e. The van der Waals surface area contributed by atoms with Gasteiger partial charge in [0.1, 0.15) is 11.8 Å². The minimum atomic E-state index is -0.718. The van der Waals surface area contributed by atoms with Crippen molar-refractivity contribution in [1.82, 2.24) is 9.47 Å². The first-order valence-corrected chi connectivity index (χ1v) is 16.0. The van der Waals surface area contributed by atoms with Gasteiger partial charge in [0.25, 0.3) is 0 Å². The summed E-state index contributed by atoms with van der Waals surface area (Å²) in [6.45, 7) is 8.21. The molecular weight excluding hydrogens is 626 g/mol. The molecule has 1 aromatic heterocycles. The van der Waals surface area contributed by atoms with Crippen molar-refractivity contribution in [2.45, 2.75) is 48.9 Å². The molecule has 2 saturated heterocycles. The number of amides is 3. The molecule has 0 unspecified atom stereocenters. The van der Waals surface area contributed by atoms with Crippen molar-refractivity contribution in [3.8, 4) is 0 Å². The summed E-state index contributed by atoms with van der Waals surface area (Å²) in [7, 11) is 0. The minimum absolute atomic E-state index is 0.0554. The molecule has 3 aliphatic heterocycles. The van der Waals surface area contributed by atoms with E-state index in [1.54, 1.807) is 29.2 Å². The van der Waals surface area contributed by atoms with Gasteiger partial charge < -0.3 is 9.64 Å². The number of anilines is 1. The zero-order valence-electron chi connectivity index (χ0n) is 23.0. The van der Waals surface area contributed by atoms with Gasteiger partial charge in [-0.15, -0.1) is 0 Å². The highest BCUT2D eigenvalue weighted by Gasteiger charge is 2.56. The Hall–Kier alpha value is -2.73. The van der Waals surface area contributed by atoms with Crippen molar-refractivity contribution in [3.05, 3.63) is 78.7 Å². The summed E-state index contributed by atoms with van der Waals surface area (Å²) in [6.07, 6.45) is 0. The van der Waals surface area contributed by atoms with E-state index in [4.69, 9.17) is 4.74 Å². The standard InChI is InChI=1S/C30H30BrN3O5S2/c1-30(2,3)18-6-4-17(5-7-18)22-23-24(27(37)34(26(23)36)20-10-8-19(31)9-11-20)40-28-25(22)41-29(38)33(28)16-21(35)32-12-14-39-15-13-32/h4-11,22-24H,12-16H2,1-3H3/t22-,23+,24-/m0/s1. The molecule has 0 aliphatic carbocycles. The number of imide groups is 1. The van der Waals surface area contributed by atoms with Crippen LogP contribution in [-0.4, -0.2) is 58.7 Å². The molecule has 4 heterocycles. The summed E-state index contributed by atoms with van der Waals surface area (Å²) in [5.74, 6) is -1.90. The Morgan fingerprint density at radius 3 is 2.27 bits per heavy atom. The highest BCUT2D eigenvalue weighted by Crippen LogP contribution is 2.54. The lowest BCUT2D eigenvalue weighted by Gasteiger charge is -2.31. The van der Waals surface area contributed by atoms with E-state index >= 15 is 0 Å². The molecule has 0 radical (unpaired) electrons. The fourth-order valence-corrected chi connectivity index (χ4v) is 8.74. The molecule has 0 N–H and O–H groups in total. The third-order valence-electron chi connectivity index (χ3n) is 7.93. The second-order valence-electron chi connectivity index (χ2n) is 11.5.